The third kappa shape index (κ3) is 6.78. The summed E-state index contributed by atoms with van der Waals surface area (Å²) in [5, 5.41) is 19.3. The quantitative estimate of drug-likeness (QED) is 0.392. The average molecular weight is 500 g/mol. The molecule has 2 aromatic carbocycles. The minimum atomic E-state index is 0.423. The largest absolute Gasteiger partial charge is 0.258 e. The van der Waals surface area contributed by atoms with E-state index in [1.54, 1.807) is 41.7 Å². The van der Waals surface area contributed by atoms with Crippen molar-refractivity contribution in [3.05, 3.63) is 57.0 Å². The van der Waals surface area contributed by atoms with E-state index in [1.807, 2.05) is 25.1 Å². The number of hydrogen-bond acceptors (Lipinski definition) is 8. The summed E-state index contributed by atoms with van der Waals surface area (Å²) in [7, 11) is 0. The normalized spacial score (nSPS) is 16.0. The molecule has 0 N–H and O–H groups in total. The molecule has 2 aliphatic heterocycles. The number of hydrogen-bond donors (Lipinski definition) is 0. The van der Waals surface area contributed by atoms with Gasteiger partial charge in [-0.1, -0.05) is 70.5 Å². The highest BCUT2D eigenvalue weighted by Crippen LogP contribution is 2.32. The predicted octanol–water partition coefficient (Wildman–Crippen LogP) is 8.01. The average Bonchev–Trinajstić information content (AvgIpc) is 3.45. The number of rotatable bonds is 2. The van der Waals surface area contributed by atoms with Crippen LogP contribution in [0.2, 0.25) is 15.1 Å². The van der Waals surface area contributed by atoms with E-state index in [2.05, 4.69) is 30.4 Å². The number of benzene rings is 2. The molecule has 2 aliphatic rings. The Kier molecular flexibility index (Phi) is 9.14. The van der Waals surface area contributed by atoms with Crippen LogP contribution in [-0.2, 0) is 0 Å². The molecule has 0 aromatic heterocycles. The van der Waals surface area contributed by atoms with Gasteiger partial charge in [-0.2, -0.15) is 0 Å². The fraction of sp³-hybridized carbons (Fsp3) is 0.263. The molecule has 0 spiro atoms. The Balaban J connectivity index is 0.000000171. The van der Waals surface area contributed by atoms with Gasteiger partial charge in [-0.3, -0.25) is 9.98 Å². The Morgan fingerprint density at radius 3 is 1.83 bits per heavy atom. The van der Waals surface area contributed by atoms with E-state index in [4.69, 9.17) is 34.8 Å². The van der Waals surface area contributed by atoms with Crippen molar-refractivity contribution in [2.45, 2.75) is 6.92 Å². The van der Waals surface area contributed by atoms with Gasteiger partial charge in [0.2, 0.25) is 10.3 Å². The molecule has 0 radical (unpaired) electrons. The van der Waals surface area contributed by atoms with E-state index in [0.717, 1.165) is 41.0 Å². The first kappa shape index (κ1) is 23.2. The van der Waals surface area contributed by atoms with Crippen molar-refractivity contribution >= 4 is 80.0 Å². The molecular formula is C19H17Cl3N6S2. The number of azo groups is 2. The van der Waals surface area contributed by atoms with Crippen LogP contribution in [0.4, 0.5) is 11.4 Å². The van der Waals surface area contributed by atoms with Crippen molar-refractivity contribution in [3.63, 3.8) is 0 Å². The van der Waals surface area contributed by atoms with E-state index in [1.165, 1.54) is 0 Å². The van der Waals surface area contributed by atoms with Crippen molar-refractivity contribution in [2.75, 3.05) is 24.6 Å². The zero-order valence-corrected chi connectivity index (χ0v) is 19.8. The zero-order valence-electron chi connectivity index (χ0n) is 15.9. The maximum Gasteiger partial charge on any atom is 0.204 e. The Labute approximate surface area is 198 Å². The maximum atomic E-state index is 5.97. The highest BCUT2D eigenvalue weighted by Gasteiger charge is 2.07. The van der Waals surface area contributed by atoms with Gasteiger partial charge < -0.3 is 0 Å². The Bertz CT molecular complexity index is 942. The van der Waals surface area contributed by atoms with Gasteiger partial charge in [0.25, 0.3) is 0 Å². The number of amidine groups is 2. The summed E-state index contributed by atoms with van der Waals surface area (Å²) in [6, 6.07) is 10.9. The Morgan fingerprint density at radius 1 is 0.733 bits per heavy atom. The molecule has 0 saturated heterocycles. The summed E-state index contributed by atoms with van der Waals surface area (Å²) < 4.78 is 0. The van der Waals surface area contributed by atoms with Gasteiger partial charge in [-0.15, -0.1) is 20.5 Å². The lowest BCUT2D eigenvalue weighted by Gasteiger charge is -1.99. The van der Waals surface area contributed by atoms with Gasteiger partial charge in [0.1, 0.15) is 5.69 Å². The Morgan fingerprint density at radius 2 is 1.27 bits per heavy atom. The summed E-state index contributed by atoms with van der Waals surface area (Å²) >= 11 is 21.0. The first-order valence-corrected chi connectivity index (χ1v) is 12.0. The number of nitrogens with zero attached hydrogens (tertiary/aromatic N) is 6. The van der Waals surface area contributed by atoms with Crippen LogP contribution in [0, 0.1) is 6.92 Å². The summed E-state index contributed by atoms with van der Waals surface area (Å²) in [4.78, 5) is 8.34. The van der Waals surface area contributed by atoms with E-state index in [0.29, 0.717) is 25.9 Å². The molecule has 2 aromatic rings. The number of thioether (sulfide) groups is 2. The second-order valence-corrected chi connectivity index (χ2v) is 9.20. The highest BCUT2D eigenvalue weighted by molar-refractivity contribution is 8.14. The van der Waals surface area contributed by atoms with Gasteiger partial charge >= 0.3 is 0 Å². The van der Waals surface area contributed by atoms with E-state index in [-0.39, 0.29) is 0 Å². The van der Waals surface area contributed by atoms with Gasteiger partial charge in [0, 0.05) is 16.5 Å². The van der Waals surface area contributed by atoms with Gasteiger partial charge in [-0.05, 0) is 36.8 Å². The summed E-state index contributed by atoms with van der Waals surface area (Å²) in [6.45, 7) is 3.58. The molecule has 0 amide bonds. The van der Waals surface area contributed by atoms with Crippen LogP contribution in [0.3, 0.4) is 0 Å². The molecule has 0 atom stereocenters. The molecule has 4 rings (SSSR count). The summed E-state index contributed by atoms with van der Waals surface area (Å²) in [5.74, 6) is 1.97. The van der Waals surface area contributed by atoms with E-state index < -0.39 is 0 Å². The molecule has 0 saturated carbocycles. The molecule has 0 fully saturated rings. The topological polar surface area (TPSA) is 74.2 Å². The van der Waals surface area contributed by atoms with Crippen molar-refractivity contribution in [3.8, 4) is 0 Å². The first-order chi connectivity index (χ1) is 14.5. The summed E-state index contributed by atoms with van der Waals surface area (Å²) in [5.41, 5.74) is 2.32. The van der Waals surface area contributed by atoms with Crippen molar-refractivity contribution < 1.29 is 0 Å². The lowest BCUT2D eigenvalue weighted by atomic mass is 10.2. The molecule has 0 aliphatic carbocycles. The van der Waals surface area contributed by atoms with Gasteiger partial charge in [0.05, 0.1) is 28.8 Å². The Hall–Kier alpha value is -1.45. The van der Waals surface area contributed by atoms with Crippen molar-refractivity contribution in [2.24, 2.45) is 30.4 Å². The minimum absolute atomic E-state index is 0.423. The van der Waals surface area contributed by atoms with Crippen LogP contribution >= 0.6 is 58.3 Å². The van der Waals surface area contributed by atoms with Crippen LogP contribution in [0.25, 0.3) is 0 Å². The molecule has 11 heteroatoms. The maximum absolute atomic E-state index is 5.97. The SMILES string of the molecule is Cc1c(Cl)cccc1/N=N/C1=NCCS1.Clc1cccc(/N=N/C2=NCCS2)c1Cl. The van der Waals surface area contributed by atoms with Crippen LogP contribution in [0.15, 0.2) is 66.8 Å². The second kappa shape index (κ2) is 11.8. The monoisotopic (exact) mass is 498 g/mol. The summed E-state index contributed by atoms with van der Waals surface area (Å²) in [6.07, 6.45) is 0. The second-order valence-electron chi connectivity index (χ2n) is 5.88. The first-order valence-electron chi connectivity index (χ1n) is 8.91. The molecule has 156 valence electrons. The number of halogens is 3. The molecular weight excluding hydrogens is 483 g/mol. The lowest BCUT2D eigenvalue weighted by molar-refractivity contribution is 1.16. The minimum Gasteiger partial charge on any atom is -0.258 e. The third-order valence-electron chi connectivity index (χ3n) is 3.80. The molecule has 30 heavy (non-hydrogen) atoms. The predicted molar refractivity (Wildman–Crippen MR) is 131 cm³/mol. The van der Waals surface area contributed by atoms with Crippen LogP contribution in [0.5, 0.6) is 0 Å². The van der Waals surface area contributed by atoms with E-state index in [9.17, 15) is 0 Å². The van der Waals surface area contributed by atoms with Crippen molar-refractivity contribution in [1.29, 1.82) is 0 Å². The lowest BCUT2D eigenvalue weighted by Crippen LogP contribution is -1.79. The van der Waals surface area contributed by atoms with Gasteiger partial charge in [0.15, 0.2) is 0 Å². The highest BCUT2D eigenvalue weighted by atomic mass is 35.5. The van der Waals surface area contributed by atoms with Gasteiger partial charge in [-0.25, -0.2) is 0 Å². The van der Waals surface area contributed by atoms with Crippen LogP contribution < -0.4 is 0 Å². The fourth-order valence-electron chi connectivity index (χ4n) is 2.24. The molecule has 0 unspecified atom stereocenters. The van der Waals surface area contributed by atoms with Crippen LogP contribution in [-0.4, -0.2) is 34.9 Å². The fourth-order valence-corrected chi connectivity index (χ4v) is 4.03. The number of aliphatic imine (C=N–C) groups is 2. The smallest absolute Gasteiger partial charge is 0.204 e. The zero-order chi connectivity index (χ0) is 21.3. The van der Waals surface area contributed by atoms with Crippen LogP contribution in [0.1, 0.15) is 5.56 Å². The molecule has 0 bridgehead atoms. The van der Waals surface area contributed by atoms with Crippen molar-refractivity contribution in [1.82, 2.24) is 0 Å². The van der Waals surface area contributed by atoms with E-state index >= 15 is 0 Å². The molecule has 6 nitrogen and oxygen atoms in total. The molecule has 2 heterocycles. The standard InChI is InChI=1S/C10H10ClN3S.C9H7Cl2N3S/c1-7-8(11)3-2-4-9(7)13-14-10-12-5-6-15-10;10-6-2-1-3-7(8(6)11)13-14-9-12-4-5-15-9/h2-4H,5-6H2,1H3;1-3H,4-5H2/b2*14-13+. The third-order valence-corrected chi connectivity index (χ3v) is 6.73.